The second-order valence-electron chi connectivity index (χ2n) is 5.26. The van der Waals surface area contributed by atoms with Crippen LogP contribution in [0.25, 0.3) is 11.3 Å². The van der Waals surface area contributed by atoms with Crippen LogP contribution in [0.1, 0.15) is 22.5 Å². The number of rotatable bonds is 7. The monoisotopic (exact) mass is 326 g/mol. The van der Waals surface area contributed by atoms with Crippen LogP contribution in [-0.4, -0.2) is 34.9 Å². The number of amides is 1. The van der Waals surface area contributed by atoms with Gasteiger partial charge in [0.05, 0.1) is 19.0 Å². The topological polar surface area (TPSA) is 93.0 Å². The number of hydrogen-bond acceptors (Lipinski definition) is 5. The van der Waals surface area contributed by atoms with E-state index in [0.717, 1.165) is 24.0 Å². The van der Waals surface area contributed by atoms with Gasteiger partial charge in [-0.2, -0.15) is 5.10 Å². The summed E-state index contributed by atoms with van der Waals surface area (Å²) in [6, 6.07) is 9.26. The summed E-state index contributed by atoms with van der Waals surface area (Å²) in [7, 11) is 1.61. The summed E-state index contributed by atoms with van der Waals surface area (Å²) in [5.41, 5.74) is 2.94. The minimum absolute atomic E-state index is 0.186. The van der Waals surface area contributed by atoms with Gasteiger partial charge >= 0.3 is 0 Å². The molecule has 2 heterocycles. The van der Waals surface area contributed by atoms with E-state index in [0.29, 0.717) is 23.7 Å². The number of ether oxygens (including phenoxy) is 1. The van der Waals surface area contributed by atoms with Gasteiger partial charge < -0.3 is 14.6 Å². The van der Waals surface area contributed by atoms with E-state index in [1.54, 1.807) is 25.6 Å². The van der Waals surface area contributed by atoms with Crippen LogP contribution in [0.2, 0.25) is 0 Å². The molecule has 3 rings (SSSR count). The molecule has 24 heavy (non-hydrogen) atoms. The second-order valence-corrected chi connectivity index (χ2v) is 5.26. The molecule has 0 aliphatic carbocycles. The maximum absolute atomic E-state index is 12.2. The van der Waals surface area contributed by atoms with Gasteiger partial charge in [0.1, 0.15) is 17.7 Å². The molecule has 7 nitrogen and oxygen atoms in total. The van der Waals surface area contributed by atoms with Crippen LogP contribution >= 0.6 is 0 Å². The Bertz CT molecular complexity index is 796. The number of nitrogens with zero attached hydrogens (tertiary/aromatic N) is 2. The van der Waals surface area contributed by atoms with Crippen LogP contribution in [0.4, 0.5) is 0 Å². The van der Waals surface area contributed by atoms with Gasteiger partial charge in [0.2, 0.25) is 0 Å². The maximum atomic E-state index is 12.2. The molecule has 0 bridgehead atoms. The van der Waals surface area contributed by atoms with Crippen LogP contribution in [0.15, 0.2) is 47.3 Å². The molecular weight excluding hydrogens is 308 g/mol. The number of nitrogens with one attached hydrogen (secondary N) is 2. The minimum atomic E-state index is -0.186. The molecule has 0 spiro atoms. The average Bonchev–Trinajstić information content (AvgIpc) is 3.30. The highest BCUT2D eigenvalue weighted by atomic mass is 16.5. The van der Waals surface area contributed by atoms with Crippen molar-refractivity contribution in [3.63, 3.8) is 0 Å². The first kappa shape index (κ1) is 15.8. The molecule has 2 N–H and O–H groups in total. The molecule has 3 aromatic rings. The van der Waals surface area contributed by atoms with Gasteiger partial charge in [0, 0.05) is 17.7 Å². The fourth-order valence-electron chi connectivity index (χ4n) is 2.37. The lowest BCUT2D eigenvalue weighted by Crippen LogP contribution is -2.25. The smallest absolute Gasteiger partial charge is 0.269 e. The molecule has 0 saturated heterocycles. The molecule has 0 fully saturated rings. The number of carbonyl (C=O) groups is 1. The molecule has 2 aromatic heterocycles. The van der Waals surface area contributed by atoms with Crippen LogP contribution in [0.5, 0.6) is 5.75 Å². The Morgan fingerprint density at radius 2 is 2.25 bits per heavy atom. The lowest BCUT2D eigenvalue weighted by Gasteiger charge is -2.04. The highest BCUT2D eigenvalue weighted by molar-refractivity contribution is 5.93. The Morgan fingerprint density at radius 1 is 1.38 bits per heavy atom. The number of aromatic nitrogens is 3. The van der Waals surface area contributed by atoms with E-state index in [9.17, 15) is 4.79 Å². The zero-order chi connectivity index (χ0) is 16.8. The lowest BCUT2D eigenvalue weighted by molar-refractivity contribution is 0.0948. The lowest BCUT2D eigenvalue weighted by atomic mass is 10.1. The quantitative estimate of drug-likeness (QED) is 0.651. The van der Waals surface area contributed by atoms with Crippen molar-refractivity contribution in [3.8, 4) is 17.0 Å². The Morgan fingerprint density at radius 3 is 3.04 bits per heavy atom. The van der Waals surface area contributed by atoms with E-state index in [4.69, 9.17) is 9.26 Å². The van der Waals surface area contributed by atoms with E-state index in [1.807, 2.05) is 24.3 Å². The van der Waals surface area contributed by atoms with Crippen LogP contribution < -0.4 is 10.1 Å². The van der Waals surface area contributed by atoms with Crippen molar-refractivity contribution in [3.05, 3.63) is 54.0 Å². The van der Waals surface area contributed by atoms with Gasteiger partial charge in [-0.15, -0.1) is 0 Å². The van der Waals surface area contributed by atoms with Gasteiger partial charge in [-0.3, -0.25) is 9.89 Å². The van der Waals surface area contributed by atoms with Crippen molar-refractivity contribution >= 4 is 5.91 Å². The Balaban J connectivity index is 1.57. The predicted molar refractivity (Wildman–Crippen MR) is 87.7 cm³/mol. The number of methoxy groups -OCH3 is 1. The number of H-pyrrole nitrogens is 1. The Hall–Kier alpha value is -3.09. The zero-order valence-electron chi connectivity index (χ0n) is 13.3. The molecule has 0 aliphatic rings. The molecule has 0 atom stereocenters. The van der Waals surface area contributed by atoms with E-state index in [-0.39, 0.29) is 5.91 Å². The van der Waals surface area contributed by atoms with Gasteiger partial charge in [0.15, 0.2) is 0 Å². The number of hydrogen-bond donors (Lipinski definition) is 2. The fraction of sp³-hybridized carbons (Fsp3) is 0.235. The molecule has 0 radical (unpaired) electrons. The second kappa shape index (κ2) is 7.45. The number of aromatic amines is 1. The molecule has 7 heteroatoms. The molecule has 0 aliphatic heterocycles. The number of benzene rings is 1. The van der Waals surface area contributed by atoms with Crippen molar-refractivity contribution in [2.24, 2.45) is 0 Å². The van der Waals surface area contributed by atoms with Crippen molar-refractivity contribution in [2.75, 3.05) is 13.7 Å². The number of aryl methyl sites for hydroxylation is 1. The molecule has 0 unspecified atom stereocenters. The summed E-state index contributed by atoms with van der Waals surface area (Å²) in [5, 5.41) is 13.5. The minimum Gasteiger partial charge on any atom is -0.496 e. The summed E-state index contributed by atoms with van der Waals surface area (Å²) in [5.74, 6) is 0.527. The first-order valence-electron chi connectivity index (χ1n) is 7.63. The van der Waals surface area contributed by atoms with Crippen LogP contribution in [0, 0.1) is 0 Å². The molecular formula is C17H18N4O3. The van der Waals surface area contributed by atoms with Gasteiger partial charge in [-0.05, 0) is 31.0 Å². The van der Waals surface area contributed by atoms with E-state index in [1.165, 1.54) is 0 Å². The summed E-state index contributed by atoms with van der Waals surface area (Å²) in [4.78, 5) is 12.2. The largest absolute Gasteiger partial charge is 0.496 e. The Kier molecular flexibility index (Phi) is 4.90. The molecule has 1 aromatic carbocycles. The number of para-hydroxylation sites is 1. The van der Waals surface area contributed by atoms with Crippen molar-refractivity contribution in [1.29, 1.82) is 0 Å². The van der Waals surface area contributed by atoms with Crippen molar-refractivity contribution < 1.29 is 14.1 Å². The zero-order valence-corrected chi connectivity index (χ0v) is 13.3. The predicted octanol–water partition coefficient (Wildman–Crippen LogP) is 2.44. The third kappa shape index (κ3) is 3.62. The van der Waals surface area contributed by atoms with Gasteiger partial charge in [-0.25, -0.2) is 0 Å². The SMILES string of the molecule is COc1ccccc1-c1cc(C(=O)NCCCc2cnoc2)[nH]n1. The Labute approximate surface area is 139 Å². The van der Waals surface area contributed by atoms with E-state index in [2.05, 4.69) is 20.7 Å². The highest BCUT2D eigenvalue weighted by Crippen LogP contribution is 2.28. The standard InChI is InChI=1S/C17H18N4O3/c1-23-16-7-3-2-6-13(16)14-9-15(21-20-14)17(22)18-8-4-5-12-10-19-24-11-12/h2-3,6-7,9-11H,4-5,8H2,1H3,(H,18,22)(H,20,21). The van der Waals surface area contributed by atoms with Gasteiger partial charge in [-0.1, -0.05) is 17.3 Å². The first-order valence-corrected chi connectivity index (χ1v) is 7.63. The third-order valence-electron chi connectivity index (χ3n) is 3.62. The molecule has 124 valence electrons. The summed E-state index contributed by atoms with van der Waals surface area (Å²) < 4.78 is 10.1. The van der Waals surface area contributed by atoms with Gasteiger partial charge in [0.25, 0.3) is 5.91 Å². The summed E-state index contributed by atoms with van der Waals surface area (Å²) >= 11 is 0. The first-order chi connectivity index (χ1) is 11.8. The summed E-state index contributed by atoms with van der Waals surface area (Å²) in [6.07, 6.45) is 4.89. The maximum Gasteiger partial charge on any atom is 0.269 e. The van der Waals surface area contributed by atoms with Crippen LogP contribution in [-0.2, 0) is 6.42 Å². The van der Waals surface area contributed by atoms with E-state index >= 15 is 0 Å². The van der Waals surface area contributed by atoms with Crippen molar-refractivity contribution in [1.82, 2.24) is 20.7 Å². The average molecular weight is 326 g/mol. The highest BCUT2D eigenvalue weighted by Gasteiger charge is 2.13. The fourth-order valence-corrected chi connectivity index (χ4v) is 2.37. The van der Waals surface area contributed by atoms with Crippen molar-refractivity contribution in [2.45, 2.75) is 12.8 Å². The molecule has 0 saturated carbocycles. The van der Waals surface area contributed by atoms with E-state index < -0.39 is 0 Å². The number of carbonyl (C=O) groups excluding carboxylic acids is 1. The molecule has 1 amide bonds. The summed E-state index contributed by atoms with van der Waals surface area (Å²) in [6.45, 7) is 0.563. The normalized spacial score (nSPS) is 10.5. The van der Waals surface area contributed by atoms with Crippen LogP contribution in [0.3, 0.4) is 0 Å². The third-order valence-corrected chi connectivity index (χ3v) is 3.62.